The van der Waals surface area contributed by atoms with E-state index < -0.39 is 10.0 Å². The molecule has 21 heavy (non-hydrogen) atoms. The van der Waals surface area contributed by atoms with Crippen molar-refractivity contribution >= 4 is 21.4 Å². The first-order chi connectivity index (χ1) is 10.0. The number of aromatic nitrogens is 1. The Bertz CT molecular complexity index is 732. The maximum Gasteiger partial charge on any atom is 0.267 e. The predicted octanol–water partition coefficient (Wildman–Crippen LogP) is 1.96. The largest absolute Gasteiger partial charge is 0.495 e. The second-order valence-electron chi connectivity index (χ2n) is 4.27. The minimum atomic E-state index is -3.74. The van der Waals surface area contributed by atoms with Gasteiger partial charge in [0.2, 0.25) is 0 Å². The average Bonchev–Trinajstić information content (AvgIpc) is 2.53. The second-order valence-corrected chi connectivity index (χ2v) is 6.20. The van der Waals surface area contributed by atoms with E-state index in [4.69, 9.17) is 4.74 Å². The van der Waals surface area contributed by atoms with Crippen LogP contribution in [0.3, 0.4) is 0 Å². The lowest BCUT2D eigenvalue weighted by Crippen LogP contribution is -2.27. The van der Waals surface area contributed by atoms with E-state index in [1.165, 1.54) is 30.9 Å². The molecule has 0 saturated carbocycles. The van der Waals surface area contributed by atoms with Crippen molar-refractivity contribution in [3.63, 3.8) is 0 Å². The fourth-order valence-electron chi connectivity index (χ4n) is 1.96. The number of anilines is 2. The molecule has 7 heteroatoms. The smallest absolute Gasteiger partial charge is 0.267 e. The normalized spacial score (nSPS) is 11.0. The van der Waals surface area contributed by atoms with Crippen LogP contribution in [-0.4, -0.2) is 34.6 Å². The maximum atomic E-state index is 12.8. The van der Waals surface area contributed by atoms with E-state index in [2.05, 4.69) is 10.3 Å². The van der Waals surface area contributed by atoms with Crippen molar-refractivity contribution < 1.29 is 13.2 Å². The number of sulfonamides is 1. The van der Waals surface area contributed by atoms with Crippen LogP contribution in [0.25, 0.3) is 0 Å². The van der Waals surface area contributed by atoms with Gasteiger partial charge >= 0.3 is 0 Å². The van der Waals surface area contributed by atoms with Gasteiger partial charge in [-0.3, -0.25) is 9.29 Å². The molecule has 0 aliphatic rings. The van der Waals surface area contributed by atoms with Gasteiger partial charge in [0.15, 0.2) is 0 Å². The molecule has 0 saturated heterocycles. The van der Waals surface area contributed by atoms with Crippen molar-refractivity contribution in [3.05, 3.63) is 42.7 Å². The van der Waals surface area contributed by atoms with Gasteiger partial charge in [0.1, 0.15) is 10.6 Å². The van der Waals surface area contributed by atoms with E-state index in [-0.39, 0.29) is 4.90 Å². The van der Waals surface area contributed by atoms with Gasteiger partial charge in [-0.1, -0.05) is 12.1 Å². The third-order valence-corrected chi connectivity index (χ3v) is 4.92. The summed E-state index contributed by atoms with van der Waals surface area (Å²) in [4.78, 5) is 4.01. The number of hydrogen-bond acceptors (Lipinski definition) is 5. The molecule has 2 aromatic rings. The number of nitrogens with zero attached hydrogens (tertiary/aromatic N) is 2. The molecule has 1 aromatic heterocycles. The van der Waals surface area contributed by atoms with Gasteiger partial charge in [0.25, 0.3) is 10.0 Å². The lowest BCUT2D eigenvalue weighted by molar-refractivity contribution is 0.416. The first-order valence-corrected chi connectivity index (χ1v) is 7.70. The van der Waals surface area contributed by atoms with E-state index >= 15 is 0 Å². The van der Waals surface area contributed by atoms with Crippen LogP contribution < -0.4 is 14.4 Å². The first-order valence-electron chi connectivity index (χ1n) is 6.26. The van der Waals surface area contributed by atoms with Crippen LogP contribution in [0.5, 0.6) is 5.75 Å². The van der Waals surface area contributed by atoms with Crippen LogP contribution in [0.15, 0.2) is 47.6 Å². The van der Waals surface area contributed by atoms with Gasteiger partial charge in [-0.05, 0) is 18.2 Å². The molecule has 0 fully saturated rings. The lowest BCUT2D eigenvalue weighted by atomic mass is 10.3. The van der Waals surface area contributed by atoms with Crippen molar-refractivity contribution in [2.75, 3.05) is 30.8 Å². The van der Waals surface area contributed by atoms with Crippen molar-refractivity contribution in [2.45, 2.75) is 4.90 Å². The molecule has 0 aliphatic heterocycles. The Hall–Kier alpha value is -2.28. The summed E-state index contributed by atoms with van der Waals surface area (Å²) in [6, 6.07) is 8.55. The van der Waals surface area contributed by atoms with Crippen molar-refractivity contribution in [3.8, 4) is 5.75 Å². The second kappa shape index (κ2) is 6.01. The fourth-order valence-corrected chi connectivity index (χ4v) is 3.31. The molecule has 0 spiro atoms. The van der Waals surface area contributed by atoms with Gasteiger partial charge in [0, 0.05) is 26.5 Å². The van der Waals surface area contributed by atoms with Gasteiger partial charge in [-0.15, -0.1) is 0 Å². The zero-order valence-electron chi connectivity index (χ0n) is 12.1. The fraction of sp³-hybridized carbons (Fsp3) is 0.214. The molecule has 0 bridgehead atoms. The van der Waals surface area contributed by atoms with Gasteiger partial charge in [-0.25, -0.2) is 8.42 Å². The monoisotopic (exact) mass is 307 g/mol. The number of ether oxygens (including phenoxy) is 1. The summed E-state index contributed by atoms with van der Waals surface area (Å²) in [6.07, 6.45) is 2.86. The topological polar surface area (TPSA) is 71.5 Å². The highest BCUT2D eigenvalue weighted by Gasteiger charge is 2.26. The van der Waals surface area contributed by atoms with Crippen LogP contribution in [0.1, 0.15) is 0 Å². The molecule has 1 heterocycles. The maximum absolute atomic E-state index is 12.8. The Morgan fingerprint density at radius 2 is 1.95 bits per heavy atom. The van der Waals surface area contributed by atoms with Crippen LogP contribution in [0, 0.1) is 0 Å². The first kappa shape index (κ1) is 15.1. The molecule has 1 N–H and O–H groups in total. The standard InChI is InChI=1S/C14H17N3O3S/c1-15-11-8-9-16-10-14(11)21(18,19)17(2)12-6-4-5-7-13(12)20-3/h4-10H,1-3H3,(H,15,16). The quantitative estimate of drug-likeness (QED) is 0.914. The van der Waals surface area contributed by atoms with E-state index in [9.17, 15) is 8.42 Å². The number of benzene rings is 1. The zero-order valence-corrected chi connectivity index (χ0v) is 12.9. The van der Waals surface area contributed by atoms with E-state index in [0.29, 0.717) is 17.1 Å². The van der Waals surface area contributed by atoms with E-state index in [1.807, 2.05) is 0 Å². The Morgan fingerprint density at radius 3 is 2.62 bits per heavy atom. The Kier molecular flexibility index (Phi) is 4.32. The summed E-state index contributed by atoms with van der Waals surface area (Å²) in [5.74, 6) is 0.485. The third kappa shape index (κ3) is 2.78. The molecular weight excluding hydrogens is 290 g/mol. The molecular formula is C14H17N3O3S. The van der Waals surface area contributed by atoms with Crippen molar-refractivity contribution in [1.29, 1.82) is 0 Å². The highest BCUT2D eigenvalue weighted by molar-refractivity contribution is 7.93. The van der Waals surface area contributed by atoms with Gasteiger partial charge < -0.3 is 10.1 Å². The molecule has 0 radical (unpaired) electrons. The summed E-state index contributed by atoms with van der Waals surface area (Å²) in [5.41, 5.74) is 0.956. The molecule has 1 aromatic carbocycles. The van der Waals surface area contributed by atoms with Crippen LogP contribution in [0.2, 0.25) is 0 Å². The summed E-state index contributed by atoms with van der Waals surface area (Å²) in [6.45, 7) is 0. The van der Waals surface area contributed by atoms with Gasteiger partial charge in [0.05, 0.1) is 18.5 Å². The van der Waals surface area contributed by atoms with Crippen molar-refractivity contribution in [1.82, 2.24) is 4.98 Å². The number of pyridine rings is 1. The molecule has 6 nitrogen and oxygen atoms in total. The van der Waals surface area contributed by atoms with Crippen LogP contribution in [0.4, 0.5) is 11.4 Å². The minimum absolute atomic E-state index is 0.112. The molecule has 0 unspecified atom stereocenters. The Labute approximate surface area is 124 Å². The predicted molar refractivity (Wildman–Crippen MR) is 82.4 cm³/mol. The molecule has 0 atom stereocenters. The van der Waals surface area contributed by atoms with Crippen molar-refractivity contribution in [2.24, 2.45) is 0 Å². The number of para-hydroxylation sites is 2. The third-order valence-electron chi connectivity index (χ3n) is 3.12. The number of methoxy groups -OCH3 is 1. The lowest BCUT2D eigenvalue weighted by Gasteiger charge is -2.22. The average molecular weight is 307 g/mol. The summed E-state index contributed by atoms with van der Waals surface area (Å²) in [7, 11) is 0.913. The number of hydrogen-bond donors (Lipinski definition) is 1. The SMILES string of the molecule is CNc1ccncc1S(=O)(=O)N(C)c1ccccc1OC. The van der Waals surface area contributed by atoms with E-state index in [0.717, 1.165) is 0 Å². The molecule has 0 amide bonds. The number of rotatable bonds is 5. The van der Waals surface area contributed by atoms with Crippen LogP contribution in [-0.2, 0) is 10.0 Å². The summed E-state index contributed by atoms with van der Waals surface area (Å²) in [5, 5.41) is 2.86. The molecule has 0 aliphatic carbocycles. The summed E-state index contributed by atoms with van der Waals surface area (Å²) >= 11 is 0. The molecule has 112 valence electrons. The highest BCUT2D eigenvalue weighted by atomic mass is 32.2. The number of nitrogens with one attached hydrogen (secondary N) is 1. The summed E-state index contributed by atoms with van der Waals surface area (Å²) < 4.78 is 31.9. The minimum Gasteiger partial charge on any atom is -0.495 e. The Morgan fingerprint density at radius 1 is 1.24 bits per heavy atom. The Balaban J connectivity index is 2.53. The van der Waals surface area contributed by atoms with Gasteiger partial charge in [-0.2, -0.15) is 0 Å². The molecule has 2 rings (SSSR count). The highest BCUT2D eigenvalue weighted by Crippen LogP contribution is 2.32. The zero-order chi connectivity index (χ0) is 15.5. The van der Waals surface area contributed by atoms with E-state index in [1.54, 1.807) is 37.4 Å². The van der Waals surface area contributed by atoms with Crippen LogP contribution >= 0.6 is 0 Å².